The number of hydrogen-bond acceptors (Lipinski definition) is 3. The number of phenolic OH excluding ortho intramolecular Hbond substituents is 1. The molecule has 0 amide bonds. The first-order valence-corrected chi connectivity index (χ1v) is 6.76. The van der Waals surface area contributed by atoms with Crippen LogP contribution in [0.25, 0.3) is 0 Å². The van der Waals surface area contributed by atoms with Gasteiger partial charge in [-0.15, -0.1) is 0 Å². The van der Waals surface area contributed by atoms with Gasteiger partial charge in [-0.1, -0.05) is 26.0 Å². The van der Waals surface area contributed by atoms with E-state index in [-0.39, 0.29) is 24.3 Å². The predicted octanol–water partition coefficient (Wildman–Crippen LogP) is 3.03. The van der Waals surface area contributed by atoms with Gasteiger partial charge in [0, 0.05) is 12.1 Å². The second-order valence-corrected chi connectivity index (χ2v) is 4.79. The summed E-state index contributed by atoms with van der Waals surface area (Å²) in [5.74, 6) is -0.522. The number of rotatable bonds is 7. The van der Waals surface area contributed by atoms with Gasteiger partial charge in [0.15, 0.2) is 0 Å². The summed E-state index contributed by atoms with van der Waals surface area (Å²) < 4.78 is 0. The molecule has 0 heterocycles. The van der Waals surface area contributed by atoms with Gasteiger partial charge in [0.05, 0.1) is 6.42 Å². The van der Waals surface area contributed by atoms with Crippen LogP contribution < -0.4 is 0 Å². The lowest BCUT2D eigenvalue weighted by Gasteiger charge is -2.35. The molecule has 0 saturated carbocycles. The number of carboxylic acids is 1. The number of hydrogen-bond donors (Lipinski definition) is 2. The maximum atomic E-state index is 10.9. The van der Waals surface area contributed by atoms with Crippen molar-refractivity contribution >= 4 is 5.97 Å². The standard InChI is InChI=1S/C15H23NO3/c1-4-14(12-6-8-13(17)9-7-12)16(5-2)11(3)10-15(18)19/h6-9,11,14,17H,4-5,10H2,1-3H3,(H,18,19). The number of carbonyl (C=O) groups is 1. The number of benzene rings is 1. The summed E-state index contributed by atoms with van der Waals surface area (Å²) >= 11 is 0. The molecule has 0 bridgehead atoms. The van der Waals surface area contributed by atoms with Crippen molar-refractivity contribution in [1.82, 2.24) is 4.90 Å². The molecule has 2 atom stereocenters. The number of aliphatic carboxylic acids is 1. The molecule has 4 nitrogen and oxygen atoms in total. The van der Waals surface area contributed by atoms with Crippen molar-refractivity contribution < 1.29 is 15.0 Å². The first-order valence-electron chi connectivity index (χ1n) is 6.76. The lowest BCUT2D eigenvalue weighted by molar-refractivity contribution is -0.138. The Bertz CT molecular complexity index is 402. The zero-order valence-electron chi connectivity index (χ0n) is 11.8. The molecule has 0 radical (unpaired) electrons. The Morgan fingerprint density at radius 2 is 1.84 bits per heavy atom. The van der Waals surface area contributed by atoms with Crippen LogP contribution >= 0.6 is 0 Å². The minimum absolute atomic E-state index is 0.0127. The summed E-state index contributed by atoms with van der Waals surface area (Å²) in [5.41, 5.74) is 1.11. The van der Waals surface area contributed by atoms with Gasteiger partial charge >= 0.3 is 5.97 Å². The molecule has 0 aliphatic rings. The fraction of sp³-hybridized carbons (Fsp3) is 0.533. The summed E-state index contributed by atoms with van der Waals surface area (Å²) in [5, 5.41) is 18.3. The molecule has 1 aromatic carbocycles. The molecule has 1 aromatic rings. The summed E-state index contributed by atoms with van der Waals surface area (Å²) in [6.45, 7) is 6.88. The molecule has 0 aromatic heterocycles. The normalized spacial score (nSPS) is 14.3. The summed E-state index contributed by atoms with van der Waals surface area (Å²) in [4.78, 5) is 13.1. The Morgan fingerprint density at radius 3 is 2.26 bits per heavy atom. The Labute approximate surface area is 114 Å². The fourth-order valence-corrected chi connectivity index (χ4v) is 2.57. The minimum Gasteiger partial charge on any atom is -0.508 e. The van der Waals surface area contributed by atoms with E-state index in [1.165, 1.54) is 0 Å². The summed E-state index contributed by atoms with van der Waals surface area (Å²) in [6.07, 6.45) is 1.05. The highest BCUT2D eigenvalue weighted by molar-refractivity contribution is 5.67. The molecule has 2 unspecified atom stereocenters. The van der Waals surface area contributed by atoms with E-state index in [1.54, 1.807) is 12.1 Å². The maximum absolute atomic E-state index is 10.9. The van der Waals surface area contributed by atoms with Gasteiger partial charge in [-0.3, -0.25) is 9.69 Å². The van der Waals surface area contributed by atoms with Crippen molar-refractivity contribution in [3.05, 3.63) is 29.8 Å². The second kappa shape index (κ2) is 7.14. The van der Waals surface area contributed by atoms with Crippen molar-refractivity contribution in [3.63, 3.8) is 0 Å². The largest absolute Gasteiger partial charge is 0.508 e. The number of nitrogens with zero attached hydrogens (tertiary/aromatic N) is 1. The third-order valence-corrected chi connectivity index (χ3v) is 3.47. The topological polar surface area (TPSA) is 60.8 Å². The smallest absolute Gasteiger partial charge is 0.304 e. The van der Waals surface area contributed by atoms with Crippen molar-refractivity contribution in [2.45, 2.75) is 45.7 Å². The number of phenols is 1. The van der Waals surface area contributed by atoms with Crippen molar-refractivity contribution in [2.75, 3.05) is 6.54 Å². The molecule has 106 valence electrons. The zero-order chi connectivity index (χ0) is 14.4. The molecule has 0 spiro atoms. The average Bonchev–Trinajstić information content (AvgIpc) is 2.36. The van der Waals surface area contributed by atoms with Crippen molar-refractivity contribution in [1.29, 1.82) is 0 Å². The third-order valence-electron chi connectivity index (χ3n) is 3.47. The third kappa shape index (κ3) is 4.24. The van der Waals surface area contributed by atoms with Gasteiger partial charge in [-0.05, 0) is 37.6 Å². The van der Waals surface area contributed by atoms with Crippen LogP contribution in [-0.2, 0) is 4.79 Å². The monoisotopic (exact) mass is 265 g/mol. The Morgan fingerprint density at radius 1 is 1.26 bits per heavy atom. The van der Waals surface area contributed by atoms with E-state index in [4.69, 9.17) is 5.11 Å². The summed E-state index contributed by atoms with van der Waals surface area (Å²) in [6, 6.07) is 7.32. The molecule has 2 N–H and O–H groups in total. The maximum Gasteiger partial charge on any atom is 0.304 e. The molecule has 0 aliphatic heterocycles. The lowest BCUT2D eigenvalue weighted by Crippen LogP contribution is -2.37. The molecular formula is C15H23NO3. The van der Waals surface area contributed by atoms with Gasteiger partial charge in [-0.25, -0.2) is 0 Å². The fourth-order valence-electron chi connectivity index (χ4n) is 2.57. The Balaban J connectivity index is 2.91. The Kier molecular flexibility index (Phi) is 5.83. The minimum atomic E-state index is -0.772. The molecule has 1 rings (SSSR count). The lowest BCUT2D eigenvalue weighted by atomic mass is 10.00. The van der Waals surface area contributed by atoms with E-state index in [9.17, 15) is 9.90 Å². The average molecular weight is 265 g/mol. The van der Waals surface area contributed by atoms with Crippen LogP contribution in [0.4, 0.5) is 0 Å². The van der Waals surface area contributed by atoms with E-state index in [0.29, 0.717) is 0 Å². The van der Waals surface area contributed by atoms with Crippen LogP contribution in [0.3, 0.4) is 0 Å². The Hall–Kier alpha value is -1.55. The van der Waals surface area contributed by atoms with Gasteiger partial charge in [0.25, 0.3) is 0 Å². The van der Waals surface area contributed by atoms with E-state index >= 15 is 0 Å². The molecule has 0 saturated heterocycles. The molecule has 4 heteroatoms. The van der Waals surface area contributed by atoms with E-state index in [2.05, 4.69) is 11.8 Å². The van der Waals surface area contributed by atoms with Crippen LogP contribution in [0.5, 0.6) is 5.75 Å². The summed E-state index contributed by atoms with van der Waals surface area (Å²) in [7, 11) is 0. The SMILES string of the molecule is CCC(c1ccc(O)cc1)N(CC)C(C)CC(=O)O. The van der Waals surface area contributed by atoms with E-state index in [0.717, 1.165) is 18.5 Å². The molecular weight excluding hydrogens is 242 g/mol. The first-order chi connectivity index (χ1) is 8.99. The highest BCUT2D eigenvalue weighted by atomic mass is 16.4. The van der Waals surface area contributed by atoms with Crippen LogP contribution in [-0.4, -0.2) is 33.7 Å². The molecule has 0 aliphatic carbocycles. The van der Waals surface area contributed by atoms with Crippen LogP contribution in [0, 0.1) is 0 Å². The van der Waals surface area contributed by atoms with Crippen molar-refractivity contribution in [3.8, 4) is 5.75 Å². The van der Waals surface area contributed by atoms with E-state index in [1.807, 2.05) is 26.0 Å². The highest BCUT2D eigenvalue weighted by Gasteiger charge is 2.23. The van der Waals surface area contributed by atoms with Gasteiger partial charge in [-0.2, -0.15) is 0 Å². The zero-order valence-corrected chi connectivity index (χ0v) is 11.8. The van der Waals surface area contributed by atoms with Crippen LogP contribution in [0.15, 0.2) is 24.3 Å². The molecule has 19 heavy (non-hydrogen) atoms. The second-order valence-electron chi connectivity index (χ2n) is 4.79. The van der Waals surface area contributed by atoms with Gasteiger partial charge in [0.1, 0.15) is 5.75 Å². The number of carboxylic acid groups (broad SMARTS) is 1. The van der Waals surface area contributed by atoms with E-state index < -0.39 is 5.97 Å². The van der Waals surface area contributed by atoms with Gasteiger partial charge < -0.3 is 10.2 Å². The van der Waals surface area contributed by atoms with Gasteiger partial charge in [0.2, 0.25) is 0 Å². The number of aromatic hydroxyl groups is 1. The highest BCUT2D eigenvalue weighted by Crippen LogP contribution is 2.28. The van der Waals surface area contributed by atoms with Crippen LogP contribution in [0.2, 0.25) is 0 Å². The quantitative estimate of drug-likeness (QED) is 0.795. The predicted molar refractivity (Wildman–Crippen MR) is 75.2 cm³/mol. The van der Waals surface area contributed by atoms with Crippen LogP contribution in [0.1, 0.15) is 45.2 Å². The molecule has 0 fully saturated rings. The van der Waals surface area contributed by atoms with Crippen molar-refractivity contribution in [2.24, 2.45) is 0 Å². The first kappa shape index (κ1) is 15.5.